The largest absolute Gasteiger partial charge is 0.434 e. The van der Waals surface area contributed by atoms with Gasteiger partial charge in [0.15, 0.2) is 0 Å². The molecule has 0 saturated carbocycles. The van der Waals surface area contributed by atoms with E-state index in [0.717, 1.165) is 37.8 Å². The van der Waals surface area contributed by atoms with Crippen LogP contribution >= 0.6 is 0 Å². The maximum Gasteiger partial charge on any atom is 0.387 e. The highest BCUT2D eigenvalue weighted by atomic mass is 19.3. The number of alkyl halides is 2. The number of para-hydroxylation sites is 1. The Hall–Kier alpha value is -1.16. The molecule has 1 atom stereocenters. The molecule has 0 saturated heterocycles. The Morgan fingerprint density at radius 3 is 2.53 bits per heavy atom. The summed E-state index contributed by atoms with van der Waals surface area (Å²) < 4.78 is 29.4. The van der Waals surface area contributed by atoms with Crippen LogP contribution in [0.4, 0.5) is 8.78 Å². The minimum atomic E-state index is -2.78. The second-order valence-electron chi connectivity index (χ2n) is 4.52. The van der Waals surface area contributed by atoms with Crippen molar-refractivity contribution in [1.82, 2.24) is 5.32 Å². The zero-order valence-corrected chi connectivity index (χ0v) is 11.7. The normalized spacial score (nSPS) is 12.7. The summed E-state index contributed by atoms with van der Waals surface area (Å²) in [6, 6.07) is 7.11. The maximum atomic E-state index is 12.4. The van der Waals surface area contributed by atoms with Gasteiger partial charge in [-0.25, -0.2) is 0 Å². The van der Waals surface area contributed by atoms with Crippen LogP contribution in [-0.2, 0) is 0 Å². The van der Waals surface area contributed by atoms with Crippen LogP contribution in [0.2, 0.25) is 0 Å². The van der Waals surface area contributed by atoms with Crippen molar-refractivity contribution in [2.45, 2.75) is 52.2 Å². The molecule has 4 heteroatoms. The average Bonchev–Trinajstić information content (AvgIpc) is 2.38. The van der Waals surface area contributed by atoms with Gasteiger partial charge in [-0.2, -0.15) is 8.78 Å². The molecule has 108 valence electrons. The Bertz CT molecular complexity index is 358. The molecule has 19 heavy (non-hydrogen) atoms. The first-order valence-electron chi connectivity index (χ1n) is 6.96. The molecule has 0 fully saturated rings. The molecule has 0 aliphatic rings. The number of unbranched alkanes of at least 4 members (excludes halogenated alkanes) is 2. The van der Waals surface area contributed by atoms with Crippen LogP contribution in [0, 0.1) is 0 Å². The minimum Gasteiger partial charge on any atom is -0.434 e. The Morgan fingerprint density at radius 2 is 1.89 bits per heavy atom. The van der Waals surface area contributed by atoms with E-state index in [0.29, 0.717) is 0 Å². The third-order valence-electron chi connectivity index (χ3n) is 3.06. The van der Waals surface area contributed by atoms with E-state index < -0.39 is 6.61 Å². The quantitative estimate of drug-likeness (QED) is 0.667. The van der Waals surface area contributed by atoms with Crippen molar-refractivity contribution >= 4 is 0 Å². The van der Waals surface area contributed by atoms with E-state index in [9.17, 15) is 8.78 Å². The first-order chi connectivity index (χ1) is 9.19. The topological polar surface area (TPSA) is 21.3 Å². The second-order valence-corrected chi connectivity index (χ2v) is 4.52. The molecular formula is C15H23F2NO. The van der Waals surface area contributed by atoms with Gasteiger partial charge < -0.3 is 10.1 Å². The summed E-state index contributed by atoms with van der Waals surface area (Å²) in [4.78, 5) is 0. The highest BCUT2D eigenvalue weighted by Gasteiger charge is 2.16. The van der Waals surface area contributed by atoms with Gasteiger partial charge in [-0.05, 0) is 19.0 Å². The molecule has 0 spiro atoms. The van der Waals surface area contributed by atoms with Gasteiger partial charge >= 0.3 is 6.61 Å². The fourth-order valence-electron chi connectivity index (χ4n) is 2.18. The van der Waals surface area contributed by atoms with Crippen LogP contribution < -0.4 is 10.1 Å². The number of ether oxygens (including phenoxy) is 1. The Balaban J connectivity index is 2.81. The molecule has 1 unspecified atom stereocenters. The maximum absolute atomic E-state index is 12.4. The Kier molecular flexibility index (Phi) is 7.41. The van der Waals surface area contributed by atoms with Crippen LogP contribution in [0.3, 0.4) is 0 Å². The first-order valence-corrected chi connectivity index (χ1v) is 6.96. The monoisotopic (exact) mass is 271 g/mol. The average molecular weight is 271 g/mol. The van der Waals surface area contributed by atoms with E-state index in [2.05, 4.69) is 17.0 Å². The molecule has 0 aliphatic heterocycles. The van der Waals surface area contributed by atoms with Gasteiger partial charge in [-0.15, -0.1) is 0 Å². The van der Waals surface area contributed by atoms with Crippen LogP contribution in [0.15, 0.2) is 24.3 Å². The number of halogens is 2. The molecule has 1 aromatic carbocycles. The minimum absolute atomic E-state index is 0.0755. The van der Waals surface area contributed by atoms with Crippen LogP contribution in [0.1, 0.15) is 51.1 Å². The molecule has 0 aromatic heterocycles. The summed E-state index contributed by atoms with van der Waals surface area (Å²) in [6.07, 6.45) is 4.32. The zero-order valence-electron chi connectivity index (χ0n) is 11.7. The lowest BCUT2D eigenvalue weighted by Gasteiger charge is -2.21. The van der Waals surface area contributed by atoms with Crippen LogP contribution in [-0.4, -0.2) is 13.2 Å². The van der Waals surface area contributed by atoms with E-state index >= 15 is 0 Å². The van der Waals surface area contributed by atoms with Crippen LogP contribution in [0.25, 0.3) is 0 Å². The van der Waals surface area contributed by atoms with Crippen molar-refractivity contribution in [3.05, 3.63) is 29.8 Å². The lowest BCUT2D eigenvalue weighted by molar-refractivity contribution is -0.0507. The van der Waals surface area contributed by atoms with Crippen molar-refractivity contribution in [2.24, 2.45) is 0 Å². The molecule has 0 bridgehead atoms. The summed E-state index contributed by atoms with van der Waals surface area (Å²) in [6.45, 7) is 2.19. The molecule has 0 amide bonds. The van der Waals surface area contributed by atoms with Crippen molar-refractivity contribution in [3.8, 4) is 5.75 Å². The number of hydrogen-bond donors (Lipinski definition) is 1. The summed E-state index contributed by atoms with van der Waals surface area (Å²) in [5, 5.41) is 3.35. The highest BCUT2D eigenvalue weighted by molar-refractivity contribution is 5.36. The van der Waals surface area contributed by atoms with Gasteiger partial charge in [0.25, 0.3) is 0 Å². The predicted molar refractivity (Wildman–Crippen MR) is 73.6 cm³/mol. The summed E-state index contributed by atoms with van der Waals surface area (Å²) in [5.41, 5.74) is 0.820. The summed E-state index contributed by atoms with van der Waals surface area (Å²) in [5.74, 6) is 0.278. The molecule has 2 nitrogen and oxygen atoms in total. The summed E-state index contributed by atoms with van der Waals surface area (Å²) in [7, 11) is 0. The fraction of sp³-hybridized carbons (Fsp3) is 0.600. The van der Waals surface area contributed by atoms with Gasteiger partial charge in [-0.1, -0.05) is 51.3 Å². The van der Waals surface area contributed by atoms with Crippen molar-refractivity contribution in [2.75, 3.05) is 6.54 Å². The van der Waals surface area contributed by atoms with Gasteiger partial charge in [0.1, 0.15) is 5.75 Å². The molecule has 1 N–H and O–H groups in total. The third-order valence-corrected chi connectivity index (χ3v) is 3.06. The Labute approximate surface area is 114 Å². The molecule has 1 aromatic rings. The van der Waals surface area contributed by atoms with Gasteiger partial charge in [0.2, 0.25) is 0 Å². The third kappa shape index (κ3) is 5.55. The molecule has 0 radical (unpaired) electrons. The fourth-order valence-corrected chi connectivity index (χ4v) is 2.18. The summed E-state index contributed by atoms with van der Waals surface area (Å²) >= 11 is 0. The van der Waals surface area contributed by atoms with Gasteiger partial charge in [-0.3, -0.25) is 0 Å². The molecule has 1 rings (SSSR count). The van der Waals surface area contributed by atoms with Gasteiger partial charge in [0, 0.05) is 11.6 Å². The first kappa shape index (κ1) is 15.9. The van der Waals surface area contributed by atoms with E-state index in [1.165, 1.54) is 0 Å². The SMILES string of the molecule is CCCCCC(NCC)c1ccccc1OC(F)F. The van der Waals surface area contributed by atoms with Crippen LogP contribution in [0.5, 0.6) is 5.75 Å². The van der Waals surface area contributed by atoms with E-state index in [1.807, 2.05) is 19.1 Å². The smallest absolute Gasteiger partial charge is 0.387 e. The number of rotatable bonds is 9. The van der Waals surface area contributed by atoms with Gasteiger partial charge in [0.05, 0.1) is 0 Å². The predicted octanol–water partition coefficient (Wildman–Crippen LogP) is 4.52. The van der Waals surface area contributed by atoms with E-state index in [1.54, 1.807) is 12.1 Å². The van der Waals surface area contributed by atoms with E-state index in [-0.39, 0.29) is 11.8 Å². The highest BCUT2D eigenvalue weighted by Crippen LogP contribution is 2.29. The van der Waals surface area contributed by atoms with Crippen molar-refractivity contribution < 1.29 is 13.5 Å². The number of nitrogens with one attached hydrogen (secondary N) is 1. The number of benzene rings is 1. The van der Waals surface area contributed by atoms with E-state index in [4.69, 9.17) is 0 Å². The van der Waals surface area contributed by atoms with Crippen molar-refractivity contribution in [3.63, 3.8) is 0 Å². The molecule has 0 aliphatic carbocycles. The lowest BCUT2D eigenvalue weighted by Crippen LogP contribution is -2.22. The Morgan fingerprint density at radius 1 is 1.16 bits per heavy atom. The molecule has 0 heterocycles. The second kappa shape index (κ2) is 8.86. The number of hydrogen-bond acceptors (Lipinski definition) is 2. The standard InChI is InChI=1S/C15H23F2NO/c1-3-5-6-10-13(18-4-2)12-9-7-8-11-14(12)19-15(16)17/h7-9,11,13,15,18H,3-6,10H2,1-2H3. The lowest BCUT2D eigenvalue weighted by atomic mass is 9.99. The zero-order chi connectivity index (χ0) is 14.1. The molecular weight excluding hydrogens is 248 g/mol. The van der Waals surface area contributed by atoms with Crippen molar-refractivity contribution in [1.29, 1.82) is 0 Å².